The maximum atomic E-state index is 13.7. The zero-order valence-electron chi connectivity index (χ0n) is 17.4. The van der Waals surface area contributed by atoms with Crippen molar-refractivity contribution in [2.75, 3.05) is 19.1 Å². The van der Waals surface area contributed by atoms with E-state index in [1.54, 1.807) is 23.2 Å². The Labute approximate surface area is 184 Å². The van der Waals surface area contributed by atoms with Gasteiger partial charge in [-0.3, -0.25) is 9.59 Å². The van der Waals surface area contributed by atoms with Crippen molar-refractivity contribution < 1.29 is 28.7 Å². The highest BCUT2D eigenvalue weighted by molar-refractivity contribution is 6.25. The monoisotopic (exact) mass is 432 g/mol. The number of benzene rings is 2. The minimum absolute atomic E-state index is 0.104. The third kappa shape index (κ3) is 2.62. The molecule has 2 aromatic rings. The van der Waals surface area contributed by atoms with Gasteiger partial charge in [0.25, 0.3) is 0 Å². The van der Waals surface area contributed by atoms with Gasteiger partial charge in [0.05, 0.1) is 43.3 Å². The summed E-state index contributed by atoms with van der Waals surface area (Å²) >= 11 is 0. The summed E-state index contributed by atoms with van der Waals surface area (Å²) < 4.78 is 9.84. The maximum absolute atomic E-state index is 13.7. The molecule has 3 aliphatic rings. The molecule has 0 saturated carbocycles. The molecule has 2 amide bonds. The quantitative estimate of drug-likeness (QED) is 0.542. The molecule has 0 aromatic heterocycles. The molecule has 4 atom stereocenters. The van der Waals surface area contributed by atoms with Crippen LogP contribution in [-0.4, -0.2) is 48.9 Å². The fourth-order valence-corrected chi connectivity index (χ4v) is 5.14. The Kier molecular flexibility index (Phi) is 4.58. The molecule has 8 heteroatoms. The lowest BCUT2D eigenvalue weighted by Crippen LogP contribution is -2.45. The van der Waals surface area contributed by atoms with E-state index >= 15 is 0 Å². The fraction of sp³-hybridized carbons (Fsp3) is 0.250. The molecule has 2 aromatic carbocycles. The van der Waals surface area contributed by atoms with Gasteiger partial charge in [-0.05, 0) is 29.3 Å². The second-order valence-electron chi connectivity index (χ2n) is 7.88. The van der Waals surface area contributed by atoms with E-state index in [1.807, 2.05) is 30.3 Å². The van der Waals surface area contributed by atoms with Crippen molar-refractivity contribution in [2.45, 2.75) is 12.1 Å². The van der Waals surface area contributed by atoms with Crippen LogP contribution >= 0.6 is 0 Å². The van der Waals surface area contributed by atoms with Crippen LogP contribution in [0.3, 0.4) is 0 Å². The second-order valence-corrected chi connectivity index (χ2v) is 7.88. The highest BCUT2D eigenvalue weighted by atomic mass is 16.5. The predicted octanol–water partition coefficient (Wildman–Crippen LogP) is 2.16. The molecule has 2 fully saturated rings. The summed E-state index contributed by atoms with van der Waals surface area (Å²) in [6.07, 6.45) is 3.61. The summed E-state index contributed by atoms with van der Waals surface area (Å²) in [6.45, 7) is 0. The molecule has 3 heterocycles. The van der Waals surface area contributed by atoms with Crippen LogP contribution < -0.4 is 4.90 Å². The summed E-state index contributed by atoms with van der Waals surface area (Å²) in [7, 11) is 2.50. The molecule has 162 valence electrons. The Bertz CT molecular complexity index is 1190. The lowest BCUT2D eigenvalue weighted by molar-refractivity contribution is -0.148. The molecule has 3 aliphatic heterocycles. The minimum Gasteiger partial charge on any atom is -0.467 e. The molecule has 0 radical (unpaired) electrons. The Morgan fingerprint density at radius 2 is 1.56 bits per heavy atom. The Morgan fingerprint density at radius 3 is 2.31 bits per heavy atom. The van der Waals surface area contributed by atoms with Gasteiger partial charge < -0.3 is 14.4 Å². The average Bonchev–Trinajstić information content (AvgIpc) is 3.30. The number of hydrogen-bond donors (Lipinski definition) is 0. The first-order valence-corrected chi connectivity index (χ1v) is 10.2. The van der Waals surface area contributed by atoms with E-state index in [-0.39, 0.29) is 11.3 Å². The highest BCUT2D eigenvalue weighted by Gasteiger charge is 2.65. The van der Waals surface area contributed by atoms with Crippen molar-refractivity contribution in [3.8, 4) is 0 Å². The number of rotatable bonds is 3. The number of imide groups is 1. The number of hydrogen-bond acceptors (Lipinski definition) is 7. The number of ether oxygens (including phenoxy) is 2. The molecule has 2 saturated heterocycles. The zero-order valence-corrected chi connectivity index (χ0v) is 17.4. The maximum Gasteiger partial charge on any atom is 0.339 e. The number of nitrogens with zero attached hydrogens (tertiary/aromatic N) is 2. The molecule has 0 spiro atoms. The smallest absolute Gasteiger partial charge is 0.339 e. The van der Waals surface area contributed by atoms with E-state index in [0.717, 1.165) is 16.0 Å². The van der Waals surface area contributed by atoms with Gasteiger partial charge in [-0.2, -0.15) is 0 Å². The van der Waals surface area contributed by atoms with Crippen LogP contribution in [0.25, 0.3) is 6.08 Å². The van der Waals surface area contributed by atoms with Gasteiger partial charge in [0.15, 0.2) is 0 Å². The Balaban J connectivity index is 1.66. The molecule has 0 unspecified atom stereocenters. The standard InChI is InChI=1S/C24H20N2O6/c1-31-23(29)15-9-5-6-10-16(15)26-21(27)17-18(22(26)28)20(24(30)32-2)25-12-11-13-7-3-4-8-14(13)19(17)25/h3-12,17-20H,1-2H3/t17-,18+,19-,20-/m0/s1. The molecule has 8 nitrogen and oxygen atoms in total. The molecule has 0 aliphatic carbocycles. The second kappa shape index (κ2) is 7.33. The van der Waals surface area contributed by atoms with Crippen LogP contribution in [-0.2, 0) is 23.9 Å². The van der Waals surface area contributed by atoms with Crippen LogP contribution in [0.15, 0.2) is 54.7 Å². The van der Waals surface area contributed by atoms with E-state index in [0.29, 0.717) is 0 Å². The van der Waals surface area contributed by atoms with Gasteiger partial charge in [-0.25, -0.2) is 14.5 Å². The van der Waals surface area contributed by atoms with Crippen molar-refractivity contribution in [3.05, 3.63) is 71.4 Å². The lowest BCUT2D eigenvalue weighted by atomic mass is 9.84. The van der Waals surface area contributed by atoms with E-state index < -0.39 is 47.7 Å². The fourth-order valence-electron chi connectivity index (χ4n) is 5.14. The summed E-state index contributed by atoms with van der Waals surface area (Å²) in [4.78, 5) is 55.2. The Morgan fingerprint density at radius 1 is 0.875 bits per heavy atom. The number of esters is 2. The first kappa shape index (κ1) is 20.0. The van der Waals surface area contributed by atoms with Crippen LogP contribution in [0.2, 0.25) is 0 Å². The summed E-state index contributed by atoms with van der Waals surface area (Å²) in [5.74, 6) is -3.98. The predicted molar refractivity (Wildman–Crippen MR) is 113 cm³/mol. The average molecular weight is 432 g/mol. The van der Waals surface area contributed by atoms with Gasteiger partial charge >= 0.3 is 11.9 Å². The SMILES string of the molecule is COC(=O)c1ccccc1N1C(=O)[C@@H]2[C@H](C1=O)[C@@H]1c3ccccc3C=CN1[C@@H]2C(=O)OC. The summed E-state index contributed by atoms with van der Waals surface area (Å²) in [5.41, 5.74) is 2.04. The first-order chi connectivity index (χ1) is 15.5. The topological polar surface area (TPSA) is 93.2 Å². The minimum atomic E-state index is -0.952. The molecule has 5 rings (SSSR count). The number of methoxy groups -OCH3 is 2. The van der Waals surface area contributed by atoms with E-state index in [9.17, 15) is 19.2 Å². The van der Waals surface area contributed by atoms with Crippen molar-refractivity contribution in [2.24, 2.45) is 11.8 Å². The van der Waals surface area contributed by atoms with E-state index in [4.69, 9.17) is 9.47 Å². The van der Waals surface area contributed by atoms with Crippen molar-refractivity contribution in [3.63, 3.8) is 0 Å². The number of amides is 2. The van der Waals surface area contributed by atoms with Crippen LogP contribution in [0.4, 0.5) is 5.69 Å². The van der Waals surface area contributed by atoms with Gasteiger partial charge in [-0.15, -0.1) is 0 Å². The van der Waals surface area contributed by atoms with Crippen molar-refractivity contribution in [1.29, 1.82) is 0 Å². The Hall–Kier alpha value is -3.94. The molecular weight excluding hydrogens is 412 g/mol. The first-order valence-electron chi connectivity index (χ1n) is 10.2. The summed E-state index contributed by atoms with van der Waals surface area (Å²) in [6, 6.07) is 12.4. The number of fused-ring (bicyclic) bond motifs is 5. The van der Waals surface area contributed by atoms with Crippen LogP contribution in [0.5, 0.6) is 0 Å². The number of carbonyl (C=O) groups excluding carboxylic acids is 4. The van der Waals surface area contributed by atoms with E-state index in [2.05, 4.69) is 0 Å². The third-order valence-electron chi connectivity index (χ3n) is 6.45. The molecular formula is C24H20N2O6. The van der Waals surface area contributed by atoms with Crippen molar-refractivity contribution >= 4 is 35.5 Å². The lowest BCUT2D eigenvalue weighted by Gasteiger charge is -2.34. The van der Waals surface area contributed by atoms with Gasteiger partial charge in [0.1, 0.15) is 6.04 Å². The number of carbonyl (C=O) groups is 4. The van der Waals surface area contributed by atoms with Gasteiger partial charge in [0, 0.05) is 6.20 Å². The number of para-hydroxylation sites is 1. The molecule has 0 N–H and O–H groups in total. The van der Waals surface area contributed by atoms with Crippen LogP contribution in [0, 0.1) is 11.8 Å². The van der Waals surface area contributed by atoms with Crippen LogP contribution in [0.1, 0.15) is 27.5 Å². The summed E-state index contributed by atoms with van der Waals surface area (Å²) in [5, 5.41) is 0. The van der Waals surface area contributed by atoms with Crippen molar-refractivity contribution in [1.82, 2.24) is 4.90 Å². The molecule has 0 bridgehead atoms. The third-order valence-corrected chi connectivity index (χ3v) is 6.45. The normalized spacial score (nSPS) is 25.3. The van der Waals surface area contributed by atoms with Gasteiger partial charge in [-0.1, -0.05) is 36.4 Å². The molecule has 32 heavy (non-hydrogen) atoms. The van der Waals surface area contributed by atoms with Gasteiger partial charge in [0.2, 0.25) is 11.8 Å². The largest absolute Gasteiger partial charge is 0.467 e. The zero-order chi connectivity index (χ0) is 22.6. The highest BCUT2D eigenvalue weighted by Crippen LogP contribution is 2.53. The van der Waals surface area contributed by atoms with E-state index in [1.165, 1.54) is 26.4 Å². The number of anilines is 1.